The summed E-state index contributed by atoms with van der Waals surface area (Å²) in [6.45, 7) is 2.18. The summed E-state index contributed by atoms with van der Waals surface area (Å²) in [6.07, 6.45) is 5.67. The van der Waals surface area contributed by atoms with Gasteiger partial charge in [-0.15, -0.1) is 0 Å². The Labute approximate surface area is 74.0 Å². The predicted octanol–water partition coefficient (Wildman–Crippen LogP) is 1.76. The number of hydrogen-bond acceptors (Lipinski definition) is 2. The number of aldehydes is 1. The zero-order valence-electron chi connectivity index (χ0n) is 7.70. The maximum atomic E-state index is 10.3. The molecule has 0 aromatic carbocycles. The molecule has 0 aromatic heterocycles. The van der Waals surface area contributed by atoms with Crippen molar-refractivity contribution in [2.75, 3.05) is 0 Å². The third-order valence-corrected chi connectivity index (χ3v) is 3.02. The molecular weight excluding hydrogens is 152 g/mol. The van der Waals surface area contributed by atoms with Crippen molar-refractivity contribution in [1.82, 2.24) is 0 Å². The minimum absolute atomic E-state index is 0.237. The fourth-order valence-electron chi connectivity index (χ4n) is 2.12. The van der Waals surface area contributed by atoms with Gasteiger partial charge in [0.2, 0.25) is 0 Å². The van der Waals surface area contributed by atoms with Crippen molar-refractivity contribution in [3.05, 3.63) is 0 Å². The van der Waals surface area contributed by atoms with Gasteiger partial charge >= 0.3 is 0 Å². The fourth-order valence-corrected chi connectivity index (χ4v) is 2.12. The van der Waals surface area contributed by atoms with Crippen LogP contribution in [0.3, 0.4) is 0 Å². The molecule has 3 atom stereocenters. The maximum Gasteiger partial charge on any atom is 0.148 e. The van der Waals surface area contributed by atoms with Gasteiger partial charge < -0.3 is 9.90 Å². The minimum atomic E-state index is -0.709. The number of aliphatic hydroxyl groups is 1. The van der Waals surface area contributed by atoms with E-state index in [1.807, 2.05) is 0 Å². The van der Waals surface area contributed by atoms with E-state index < -0.39 is 6.10 Å². The standard InChI is InChI=1S/C10H18O2/c1-2-8-4-3-5-9(6-8)10(12)7-11/h7-10,12H,2-6H2,1H3. The van der Waals surface area contributed by atoms with E-state index in [1.54, 1.807) is 0 Å². The van der Waals surface area contributed by atoms with E-state index in [4.69, 9.17) is 0 Å². The third kappa shape index (κ3) is 2.31. The zero-order chi connectivity index (χ0) is 8.97. The monoisotopic (exact) mass is 170 g/mol. The van der Waals surface area contributed by atoms with Gasteiger partial charge in [0, 0.05) is 0 Å². The van der Waals surface area contributed by atoms with Crippen molar-refractivity contribution in [2.24, 2.45) is 11.8 Å². The molecule has 70 valence electrons. The highest BCUT2D eigenvalue weighted by Crippen LogP contribution is 2.32. The Balaban J connectivity index is 2.39. The molecule has 1 rings (SSSR count). The molecule has 2 nitrogen and oxygen atoms in total. The summed E-state index contributed by atoms with van der Waals surface area (Å²) in [4.78, 5) is 10.3. The summed E-state index contributed by atoms with van der Waals surface area (Å²) in [5, 5.41) is 9.33. The summed E-state index contributed by atoms with van der Waals surface area (Å²) in [7, 11) is 0. The minimum Gasteiger partial charge on any atom is -0.385 e. The lowest BCUT2D eigenvalue weighted by Crippen LogP contribution is -2.27. The first-order valence-corrected chi connectivity index (χ1v) is 4.91. The molecule has 12 heavy (non-hydrogen) atoms. The number of aliphatic hydroxyl groups excluding tert-OH is 1. The Kier molecular flexibility index (Phi) is 3.73. The molecule has 1 fully saturated rings. The SMILES string of the molecule is CCC1CCCC(C(O)C=O)C1. The molecule has 0 spiro atoms. The molecular formula is C10H18O2. The topological polar surface area (TPSA) is 37.3 Å². The molecule has 1 N–H and O–H groups in total. The van der Waals surface area contributed by atoms with Crippen molar-refractivity contribution in [3.8, 4) is 0 Å². The van der Waals surface area contributed by atoms with Crippen LogP contribution >= 0.6 is 0 Å². The Hall–Kier alpha value is -0.370. The maximum absolute atomic E-state index is 10.3. The van der Waals surface area contributed by atoms with Crippen LogP contribution in [0.5, 0.6) is 0 Å². The lowest BCUT2D eigenvalue weighted by atomic mass is 9.78. The number of hydrogen-bond donors (Lipinski definition) is 1. The van der Waals surface area contributed by atoms with E-state index in [0.29, 0.717) is 6.29 Å². The van der Waals surface area contributed by atoms with Gasteiger partial charge in [0.05, 0.1) is 0 Å². The van der Waals surface area contributed by atoms with E-state index in [2.05, 4.69) is 6.92 Å². The fraction of sp³-hybridized carbons (Fsp3) is 0.900. The summed E-state index contributed by atoms with van der Waals surface area (Å²) in [5.74, 6) is 0.972. The van der Waals surface area contributed by atoms with Crippen molar-refractivity contribution in [1.29, 1.82) is 0 Å². The van der Waals surface area contributed by atoms with E-state index in [0.717, 1.165) is 18.8 Å². The molecule has 0 bridgehead atoms. The lowest BCUT2D eigenvalue weighted by Gasteiger charge is -2.29. The first kappa shape index (κ1) is 9.72. The van der Waals surface area contributed by atoms with Crippen LogP contribution in [0, 0.1) is 11.8 Å². The molecule has 0 aliphatic heterocycles. The Bertz CT molecular complexity index is 145. The molecule has 0 saturated heterocycles. The zero-order valence-corrected chi connectivity index (χ0v) is 7.70. The van der Waals surface area contributed by atoms with E-state index in [9.17, 15) is 9.90 Å². The molecule has 0 radical (unpaired) electrons. The average molecular weight is 170 g/mol. The van der Waals surface area contributed by atoms with Gasteiger partial charge in [-0.1, -0.05) is 26.2 Å². The largest absolute Gasteiger partial charge is 0.385 e. The van der Waals surface area contributed by atoms with Gasteiger partial charge in [-0.2, -0.15) is 0 Å². The van der Waals surface area contributed by atoms with Gasteiger partial charge in [0.25, 0.3) is 0 Å². The first-order valence-electron chi connectivity index (χ1n) is 4.91. The normalized spacial score (nSPS) is 32.8. The highest BCUT2D eigenvalue weighted by Gasteiger charge is 2.25. The summed E-state index contributed by atoms with van der Waals surface area (Å²) in [5.41, 5.74) is 0. The molecule has 0 aromatic rings. The average Bonchev–Trinajstić information content (AvgIpc) is 2.17. The first-order chi connectivity index (χ1) is 5.77. The van der Waals surface area contributed by atoms with Crippen LogP contribution in [0.2, 0.25) is 0 Å². The molecule has 1 aliphatic rings. The van der Waals surface area contributed by atoms with Gasteiger partial charge in [-0.25, -0.2) is 0 Å². The smallest absolute Gasteiger partial charge is 0.148 e. The van der Waals surface area contributed by atoms with Crippen molar-refractivity contribution in [3.63, 3.8) is 0 Å². The molecule has 1 aliphatic carbocycles. The lowest BCUT2D eigenvalue weighted by molar-refractivity contribution is -0.118. The molecule has 2 heteroatoms. The number of carbonyl (C=O) groups excluding carboxylic acids is 1. The van der Waals surface area contributed by atoms with Crippen LogP contribution < -0.4 is 0 Å². The Morgan fingerprint density at radius 3 is 2.92 bits per heavy atom. The van der Waals surface area contributed by atoms with Crippen molar-refractivity contribution >= 4 is 6.29 Å². The van der Waals surface area contributed by atoms with Crippen LogP contribution in [0.1, 0.15) is 39.0 Å². The Morgan fingerprint density at radius 1 is 1.58 bits per heavy atom. The van der Waals surface area contributed by atoms with E-state index in [-0.39, 0.29) is 5.92 Å². The second kappa shape index (κ2) is 4.61. The molecule has 0 amide bonds. The highest BCUT2D eigenvalue weighted by molar-refractivity contribution is 5.56. The predicted molar refractivity (Wildman–Crippen MR) is 47.8 cm³/mol. The summed E-state index contributed by atoms with van der Waals surface area (Å²) in [6, 6.07) is 0. The van der Waals surface area contributed by atoms with Crippen LogP contribution in [0.4, 0.5) is 0 Å². The summed E-state index contributed by atoms with van der Waals surface area (Å²) >= 11 is 0. The van der Waals surface area contributed by atoms with Gasteiger partial charge in [-0.3, -0.25) is 0 Å². The van der Waals surface area contributed by atoms with Crippen LogP contribution in [-0.2, 0) is 4.79 Å². The molecule has 3 unspecified atom stereocenters. The van der Waals surface area contributed by atoms with E-state index >= 15 is 0 Å². The second-order valence-electron chi connectivity index (χ2n) is 3.83. The third-order valence-electron chi connectivity index (χ3n) is 3.02. The number of carbonyl (C=O) groups is 1. The van der Waals surface area contributed by atoms with Gasteiger partial charge in [0.1, 0.15) is 12.4 Å². The van der Waals surface area contributed by atoms with E-state index in [1.165, 1.54) is 19.3 Å². The molecule has 1 saturated carbocycles. The van der Waals surface area contributed by atoms with Crippen molar-refractivity contribution in [2.45, 2.75) is 45.1 Å². The van der Waals surface area contributed by atoms with Crippen LogP contribution in [0.25, 0.3) is 0 Å². The van der Waals surface area contributed by atoms with Gasteiger partial charge in [0.15, 0.2) is 0 Å². The van der Waals surface area contributed by atoms with Crippen LogP contribution in [0.15, 0.2) is 0 Å². The van der Waals surface area contributed by atoms with Gasteiger partial charge in [-0.05, 0) is 24.7 Å². The van der Waals surface area contributed by atoms with Crippen molar-refractivity contribution < 1.29 is 9.90 Å². The number of rotatable bonds is 3. The van der Waals surface area contributed by atoms with Crippen LogP contribution in [-0.4, -0.2) is 17.5 Å². The molecule has 0 heterocycles. The summed E-state index contributed by atoms with van der Waals surface area (Å²) < 4.78 is 0. The second-order valence-corrected chi connectivity index (χ2v) is 3.83. The Morgan fingerprint density at radius 2 is 2.33 bits per heavy atom. The quantitative estimate of drug-likeness (QED) is 0.655. The highest BCUT2D eigenvalue weighted by atomic mass is 16.3.